The second kappa shape index (κ2) is 6.07. The predicted octanol–water partition coefficient (Wildman–Crippen LogP) is 0.717. The van der Waals surface area contributed by atoms with Crippen LogP contribution in [0.1, 0.15) is 20.3 Å². The van der Waals surface area contributed by atoms with Gasteiger partial charge in [0.1, 0.15) is 0 Å². The molecular formula is C12H22N2O2S. The van der Waals surface area contributed by atoms with Crippen LogP contribution >= 0.6 is 11.8 Å². The van der Waals surface area contributed by atoms with Gasteiger partial charge in [0.05, 0.1) is 12.2 Å². The van der Waals surface area contributed by atoms with E-state index in [4.69, 9.17) is 4.74 Å². The van der Waals surface area contributed by atoms with Crippen LogP contribution in [0.5, 0.6) is 0 Å². The van der Waals surface area contributed by atoms with Crippen LogP contribution < -0.4 is 5.32 Å². The Morgan fingerprint density at radius 2 is 2.12 bits per heavy atom. The lowest BCUT2D eigenvalue weighted by Crippen LogP contribution is -2.50. The van der Waals surface area contributed by atoms with E-state index in [9.17, 15) is 4.79 Å². The van der Waals surface area contributed by atoms with Crippen LogP contribution in [0.4, 0.5) is 0 Å². The number of hydrogen-bond donors (Lipinski definition) is 1. The molecule has 0 aromatic heterocycles. The van der Waals surface area contributed by atoms with Crippen molar-refractivity contribution in [2.75, 3.05) is 31.1 Å². The lowest BCUT2D eigenvalue weighted by Gasteiger charge is -2.36. The Bertz CT molecular complexity index is 259. The van der Waals surface area contributed by atoms with Gasteiger partial charge in [-0.25, -0.2) is 0 Å². The van der Waals surface area contributed by atoms with Crippen LogP contribution in [0.3, 0.4) is 0 Å². The molecule has 0 bridgehead atoms. The number of morpholine rings is 1. The minimum atomic E-state index is 0.163. The average molecular weight is 258 g/mol. The molecule has 0 spiro atoms. The monoisotopic (exact) mass is 258 g/mol. The van der Waals surface area contributed by atoms with Gasteiger partial charge in [0.15, 0.2) is 0 Å². The zero-order chi connectivity index (χ0) is 12.3. The molecule has 0 aromatic carbocycles. The molecule has 0 aliphatic carbocycles. The maximum absolute atomic E-state index is 12.2. The van der Waals surface area contributed by atoms with Crippen LogP contribution in [0.25, 0.3) is 0 Å². The molecule has 1 N–H and O–H groups in total. The van der Waals surface area contributed by atoms with Crippen molar-refractivity contribution in [3.05, 3.63) is 0 Å². The molecule has 2 heterocycles. The van der Waals surface area contributed by atoms with Crippen molar-refractivity contribution in [2.24, 2.45) is 0 Å². The fraction of sp³-hybridized carbons (Fsp3) is 0.917. The van der Waals surface area contributed by atoms with E-state index in [1.54, 1.807) is 0 Å². The van der Waals surface area contributed by atoms with E-state index in [0.717, 1.165) is 31.1 Å². The second-order valence-electron chi connectivity index (χ2n) is 4.99. The summed E-state index contributed by atoms with van der Waals surface area (Å²) in [5.41, 5.74) is 0. The van der Waals surface area contributed by atoms with Gasteiger partial charge in [-0.05, 0) is 13.8 Å². The Morgan fingerprint density at radius 1 is 1.41 bits per heavy atom. The molecule has 0 saturated carbocycles. The topological polar surface area (TPSA) is 41.6 Å². The van der Waals surface area contributed by atoms with Gasteiger partial charge in [0.25, 0.3) is 0 Å². The fourth-order valence-corrected chi connectivity index (χ4v) is 3.42. The predicted molar refractivity (Wildman–Crippen MR) is 70.3 cm³/mol. The third-order valence-electron chi connectivity index (χ3n) is 3.19. The summed E-state index contributed by atoms with van der Waals surface area (Å²) in [6.07, 6.45) is 0.958. The lowest BCUT2D eigenvalue weighted by atomic mass is 10.1. The Balaban J connectivity index is 1.81. The highest BCUT2D eigenvalue weighted by Gasteiger charge is 2.27. The Hall–Kier alpha value is -0.260. The van der Waals surface area contributed by atoms with Gasteiger partial charge in [-0.2, -0.15) is 11.8 Å². The minimum absolute atomic E-state index is 0.163. The van der Waals surface area contributed by atoms with Gasteiger partial charge in [0.2, 0.25) is 5.91 Å². The smallest absolute Gasteiger partial charge is 0.224 e. The van der Waals surface area contributed by atoms with E-state index < -0.39 is 0 Å². The Kier molecular flexibility index (Phi) is 4.70. The van der Waals surface area contributed by atoms with Crippen LogP contribution in [-0.2, 0) is 9.53 Å². The molecular weight excluding hydrogens is 236 g/mol. The van der Waals surface area contributed by atoms with Gasteiger partial charge in [0, 0.05) is 43.6 Å². The highest BCUT2D eigenvalue weighted by molar-refractivity contribution is 7.99. The standard InChI is InChI=1S/C12H22N2O2S/c1-9-6-14(7-10(2)16-9)12(15)5-11-8-17-4-3-13-11/h9-11,13H,3-8H2,1-2H3/t9-,10+,11?. The number of hydrogen-bond acceptors (Lipinski definition) is 4. The summed E-state index contributed by atoms with van der Waals surface area (Å²) in [5, 5.41) is 3.41. The highest BCUT2D eigenvalue weighted by Crippen LogP contribution is 2.15. The summed E-state index contributed by atoms with van der Waals surface area (Å²) in [4.78, 5) is 14.1. The first-order chi connectivity index (χ1) is 8.15. The molecule has 5 heteroatoms. The average Bonchev–Trinajstić information content (AvgIpc) is 2.29. The summed E-state index contributed by atoms with van der Waals surface area (Å²) in [6.45, 7) is 6.57. The number of nitrogens with zero attached hydrogens (tertiary/aromatic N) is 1. The van der Waals surface area contributed by atoms with Gasteiger partial charge in [-0.1, -0.05) is 0 Å². The summed E-state index contributed by atoms with van der Waals surface area (Å²) in [7, 11) is 0. The molecule has 2 fully saturated rings. The number of amides is 1. The molecule has 1 amide bonds. The van der Waals surface area contributed by atoms with Crippen molar-refractivity contribution in [2.45, 2.75) is 38.5 Å². The molecule has 2 aliphatic rings. The van der Waals surface area contributed by atoms with Crippen molar-refractivity contribution in [3.63, 3.8) is 0 Å². The summed E-state index contributed by atoms with van der Waals surface area (Å²) in [5.74, 6) is 2.49. The van der Waals surface area contributed by atoms with Crippen molar-refractivity contribution < 1.29 is 9.53 Å². The van der Waals surface area contributed by atoms with Crippen LogP contribution in [0.2, 0.25) is 0 Å². The quantitative estimate of drug-likeness (QED) is 0.792. The van der Waals surface area contributed by atoms with Gasteiger partial charge in [-0.3, -0.25) is 4.79 Å². The molecule has 2 rings (SSSR count). The van der Waals surface area contributed by atoms with Crippen LogP contribution in [-0.4, -0.2) is 60.2 Å². The Morgan fingerprint density at radius 3 is 2.71 bits per heavy atom. The van der Waals surface area contributed by atoms with E-state index in [0.29, 0.717) is 12.5 Å². The van der Waals surface area contributed by atoms with E-state index in [2.05, 4.69) is 5.32 Å². The maximum Gasteiger partial charge on any atom is 0.224 e. The first kappa shape index (κ1) is 13.2. The zero-order valence-corrected chi connectivity index (χ0v) is 11.5. The third kappa shape index (κ3) is 3.86. The molecule has 0 radical (unpaired) electrons. The SMILES string of the molecule is C[C@@H]1CN(C(=O)CC2CSCCN2)C[C@H](C)O1. The molecule has 17 heavy (non-hydrogen) atoms. The maximum atomic E-state index is 12.2. The van der Waals surface area contributed by atoms with Crippen molar-refractivity contribution in [1.82, 2.24) is 10.2 Å². The normalized spacial score (nSPS) is 34.7. The van der Waals surface area contributed by atoms with E-state index in [1.807, 2.05) is 30.5 Å². The number of thioether (sulfide) groups is 1. The minimum Gasteiger partial charge on any atom is -0.372 e. The molecule has 3 atom stereocenters. The number of nitrogens with one attached hydrogen (secondary N) is 1. The number of rotatable bonds is 2. The fourth-order valence-electron chi connectivity index (χ4n) is 2.47. The number of carbonyl (C=O) groups is 1. The molecule has 2 aliphatic heterocycles. The first-order valence-electron chi connectivity index (χ1n) is 6.39. The van der Waals surface area contributed by atoms with Gasteiger partial charge >= 0.3 is 0 Å². The van der Waals surface area contributed by atoms with Crippen molar-refractivity contribution >= 4 is 17.7 Å². The number of ether oxygens (including phenoxy) is 1. The summed E-state index contributed by atoms with van der Waals surface area (Å²) < 4.78 is 5.64. The van der Waals surface area contributed by atoms with Crippen molar-refractivity contribution in [1.29, 1.82) is 0 Å². The Labute approximate surface area is 107 Å². The van der Waals surface area contributed by atoms with E-state index in [1.165, 1.54) is 0 Å². The van der Waals surface area contributed by atoms with Crippen LogP contribution in [0.15, 0.2) is 0 Å². The molecule has 1 unspecified atom stereocenters. The molecule has 2 saturated heterocycles. The highest BCUT2D eigenvalue weighted by atomic mass is 32.2. The van der Waals surface area contributed by atoms with Crippen molar-refractivity contribution in [3.8, 4) is 0 Å². The molecule has 4 nitrogen and oxygen atoms in total. The first-order valence-corrected chi connectivity index (χ1v) is 7.55. The third-order valence-corrected chi connectivity index (χ3v) is 4.32. The van der Waals surface area contributed by atoms with Crippen LogP contribution in [0, 0.1) is 0 Å². The molecule has 98 valence electrons. The largest absolute Gasteiger partial charge is 0.372 e. The second-order valence-corrected chi connectivity index (χ2v) is 6.14. The van der Waals surface area contributed by atoms with Gasteiger partial charge in [-0.15, -0.1) is 0 Å². The summed E-state index contributed by atoms with van der Waals surface area (Å²) in [6, 6.07) is 0.356. The number of carbonyl (C=O) groups excluding carboxylic acids is 1. The van der Waals surface area contributed by atoms with E-state index in [-0.39, 0.29) is 18.1 Å². The molecule has 0 aromatic rings. The van der Waals surface area contributed by atoms with E-state index >= 15 is 0 Å². The zero-order valence-electron chi connectivity index (χ0n) is 10.6. The summed E-state index contributed by atoms with van der Waals surface area (Å²) >= 11 is 1.93. The van der Waals surface area contributed by atoms with Gasteiger partial charge < -0.3 is 15.0 Å². The lowest BCUT2D eigenvalue weighted by molar-refractivity contribution is -0.143.